The van der Waals surface area contributed by atoms with Crippen molar-refractivity contribution < 1.29 is 14.3 Å². The Hall–Kier alpha value is -2.67. The molecule has 0 spiro atoms. The topological polar surface area (TPSA) is 85.2 Å². The van der Waals surface area contributed by atoms with Crippen molar-refractivity contribution in [2.45, 2.75) is 39.7 Å². The van der Waals surface area contributed by atoms with Crippen LogP contribution in [0.3, 0.4) is 0 Å². The highest BCUT2D eigenvalue weighted by Crippen LogP contribution is 2.22. The molecule has 0 radical (unpaired) electrons. The minimum Gasteiger partial charge on any atom is -0.383 e. The van der Waals surface area contributed by atoms with E-state index in [2.05, 4.69) is 21.7 Å². The third-order valence-electron chi connectivity index (χ3n) is 4.61. The van der Waals surface area contributed by atoms with E-state index in [1.54, 1.807) is 7.11 Å². The number of hydrogen-bond donors (Lipinski definition) is 2. The molecule has 2 N–H and O–H groups in total. The van der Waals surface area contributed by atoms with Gasteiger partial charge in [-0.3, -0.25) is 9.59 Å². The van der Waals surface area contributed by atoms with Gasteiger partial charge in [-0.15, -0.1) is 0 Å². The number of imidazole rings is 1. The lowest BCUT2D eigenvalue weighted by molar-refractivity contribution is 0.0931. The van der Waals surface area contributed by atoms with Crippen LogP contribution in [-0.4, -0.2) is 41.6 Å². The zero-order valence-electron chi connectivity index (χ0n) is 16.1. The summed E-state index contributed by atoms with van der Waals surface area (Å²) in [5.74, 6) is -0.261. The number of fused-ring (bicyclic) bond motifs is 1. The van der Waals surface area contributed by atoms with Crippen molar-refractivity contribution in [1.29, 1.82) is 0 Å². The van der Waals surface area contributed by atoms with Crippen LogP contribution >= 0.6 is 0 Å². The van der Waals surface area contributed by atoms with Crippen LogP contribution in [0.4, 0.5) is 5.69 Å². The van der Waals surface area contributed by atoms with E-state index in [1.807, 2.05) is 30.5 Å². The van der Waals surface area contributed by atoms with Crippen molar-refractivity contribution in [3.8, 4) is 0 Å². The fraction of sp³-hybridized carbons (Fsp3) is 0.450. The van der Waals surface area contributed by atoms with Gasteiger partial charge in [0.2, 0.25) is 0 Å². The SMILES string of the molecule is COCCNC(=O)c1nc(C(=O)Nc2cc(C)cc(C)c2)n2c1CCCC2. The fourth-order valence-electron chi connectivity index (χ4n) is 3.48. The van der Waals surface area contributed by atoms with Crippen molar-refractivity contribution >= 4 is 17.5 Å². The molecule has 1 aromatic heterocycles. The van der Waals surface area contributed by atoms with Gasteiger partial charge in [0, 0.05) is 25.9 Å². The van der Waals surface area contributed by atoms with Crippen molar-refractivity contribution in [3.63, 3.8) is 0 Å². The minimum absolute atomic E-state index is 0.261. The summed E-state index contributed by atoms with van der Waals surface area (Å²) in [5, 5.41) is 5.72. The van der Waals surface area contributed by atoms with Gasteiger partial charge in [0.25, 0.3) is 11.8 Å². The number of benzene rings is 1. The quantitative estimate of drug-likeness (QED) is 0.765. The Kier molecular flexibility index (Phi) is 5.91. The minimum atomic E-state index is -0.293. The van der Waals surface area contributed by atoms with Crippen LogP contribution in [0, 0.1) is 13.8 Å². The number of anilines is 1. The zero-order chi connectivity index (χ0) is 19.4. The molecule has 2 aromatic rings. The van der Waals surface area contributed by atoms with Gasteiger partial charge in [-0.25, -0.2) is 4.98 Å². The molecule has 3 rings (SSSR count). The molecular weight excluding hydrogens is 344 g/mol. The van der Waals surface area contributed by atoms with Crippen molar-refractivity contribution in [3.05, 3.63) is 46.5 Å². The van der Waals surface area contributed by atoms with Crippen LogP contribution in [0.5, 0.6) is 0 Å². The molecule has 0 aliphatic carbocycles. The second-order valence-electron chi connectivity index (χ2n) is 6.92. The molecule has 1 aromatic carbocycles. The summed E-state index contributed by atoms with van der Waals surface area (Å²) in [6.07, 6.45) is 2.71. The van der Waals surface area contributed by atoms with Gasteiger partial charge in [0.05, 0.1) is 12.3 Å². The number of hydrogen-bond acceptors (Lipinski definition) is 4. The second-order valence-corrected chi connectivity index (χ2v) is 6.92. The molecule has 7 nitrogen and oxygen atoms in total. The van der Waals surface area contributed by atoms with Crippen LogP contribution < -0.4 is 10.6 Å². The maximum atomic E-state index is 12.9. The number of nitrogens with zero attached hydrogens (tertiary/aromatic N) is 2. The van der Waals surface area contributed by atoms with E-state index in [0.717, 1.165) is 41.8 Å². The number of aromatic nitrogens is 2. The molecule has 7 heteroatoms. The Bertz CT molecular complexity index is 837. The average molecular weight is 370 g/mol. The zero-order valence-corrected chi connectivity index (χ0v) is 16.1. The third-order valence-corrected chi connectivity index (χ3v) is 4.61. The Labute approximate surface area is 159 Å². The summed E-state index contributed by atoms with van der Waals surface area (Å²) in [6.45, 7) is 5.52. The standard InChI is InChI=1S/C20H26N4O3/c1-13-10-14(2)12-15(11-13)22-20(26)18-23-17(19(25)21-7-9-27-3)16-6-4-5-8-24(16)18/h10-12H,4-9H2,1-3H3,(H,21,25)(H,22,26). The number of amides is 2. The molecule has 27 heavy (non-hydrogen) atoms. The maximum Gasteiger partial charge on any atom is 0.291 e. The summed E-state index contributed by atoms with van der Waals surface area (Å²) >= 11 is 0. The van der Waals surface area contributed by atoms with Gasteiger partial charge in [-0.2, -0.15) is 0 Å². The highest BCUT2D eigenvalue weighted by atomic mass is 16.5. The van der Waals surface area contributed by atoms with Gasteiger partial charge < -0.3 is 19.9 Å². The fourth-order valence-corrected chi connectivity index (χ4v) is 3.48. The highest BCUT2D eigenvalue weighted by Gasteiger charge is 2.27. The van der Waals surface area contributed by atoms with Crippen molar-refractivity contribution in [2.24, 2.45) is 0 Å². The molecule has 0 unspecified atom stereocenters. The number of nitrogens with one attached hydrogen (secondary N) is 2. The largest absolute Gasteiger partial charge is 0.383 e. The first kappa shape index (κ1) is 19.1. The van der Waals surface area contributed by atoms with Gasteiger partial charge in [-0.1, -0.05) is 6.07 Å². The van der Waals surface area contributed by atoms with E-state index in [1.165, 1.54) is 0 Å². The molecule has 0 bridgehead atoms. The molecule has 2 heterocycles. The lowest BCUT2D eigenvalue weighted by atomic mass is 10.1. The van der Waals surface area contributed by atoms with Crippen molar-refractivity contribution in [1.82, 2.24) is 14.9 Å². The number of rotatable bonds is 6. The lowest BCUT2D eigenvalue weighted by Crippen LogP contribution is -2.28. The monoisotopic (exact) mass is 370 g/mol. The number of methoxy groups -OCH3 is 1. The number of carbonyl (C=O) groups excluding carboxylic acids is 2. The van der Waals surface area contributed by atoms with Gasteiger partial charge in [-0.05, 0) is 56.4 Å². The molecule has 0 saturated carbocycles. The lowest BCUT2D eigenvalue weighted by Gasteiger charge is -2.17. The molecule has 1 aliphatic heterocycles. The molecular formula is C20H26N4O3. The first-order chi connectivity index (χ1) is 13.0. The molecule has 2 amide bonds. The third kappa shape index (κ3) is 4.36. The van der Waals surface area contributed by atoms with E-state index in [0.29, 0.717) is 31.2 Å². The Balaban J connectivity index is 1.86. The summed E-state index contributed by atoms with van der Waals surface area (Å²) in [6, 6.07) is 5.89. The van der Waals surface area contributed by atoms with Crippen molar-refractivity contribution in [2.75, 3.05) is 25.6 Å². The van der Waals surface area contributed by atoms with Gasteiger partial charge in [0.1, 0.15) is 5.69 Å². The first-order valence-corrected chi connectivity index (χ1v) is 9.25. The van der Waals surface area contributed by atoms with E-state index < -0.39 is 0 Å². The van der Waals surface area contributed by atoms with E-state index >= 15 is 0 Å². The first-order valence-electron chi connectivity index (χ1n) is 9.25. The average Bonchev–Trinajstić information content (AvgIpc) is 3.01. The Morgan fingerprint density at radius 3 is 2.59 bits per heavy atom. The Morgan fingerprint density at radius 1 is 1.15 bits per heavy atom. The smallest absolute Gasteiger partial charge is 0.291 e. The molecule has 0 fully saturated rings. The van der Waals surface area contributed by atoms with E-state index in [4.69, 9.17) is 4.74 Å². The summed E-state index contributed by atoms with van der Waals surface area (Å²) in [7, 11) is 1.58. The molecule has 0 atom stereocenters. The summed E-state index contributed by atoms with van der Waals surface area (Å²) in [5.41, 5.74) is 4.07. The highest BCUT2D eigenvalue weighted by molar-refractivity contribution is 6.03. The normalized spacial score (nSPS) is 13.1. The predicted octanol–water partition coefficient (Wildman–Crippen LogP) is 2.46. The van der Waals surface area contributed by atoms with Crippen LogP contribution in [0.2, 0.25) is 0 Å². The number of carbonyl (C=O) groups is 2. The number of ether oxygens (including phenoxy) is 1. The van der Waals surface area contributed by atoms with Crippen LogP contribution in [0.1, 0.15) is 50.8 Å². The van der Waals surface area contributed by atoms with Gasteiger partial charge >= 0.3 is 0 Å². The van der Waals surface area contributed by atoms with Gasteiger partial charge in [0.15, 0.2) is 5.82 Å². The molecule has 1 aliphatic rings. The van der Waals surface area contributed by atoms with Crippen LogP contribution in [0.25, 0.3) is 0 Å². The predicted molar refractivity (Wildman–Crippen MR) is 103 cm³/mol. The summed E-state index contributed by atoms with van der Waals surface area (Å²) in [4.78, 5) is 29.8. The molecule has 144 valence electrons. The maximum absolute atomic E-state index is 12.9. The molecule has 0 saturated heterocycles. The van der Waals surface area contributed by atoms with Crippen LogP contribution in [0.15, 0.2) is 18.2 Å². The second kappa shape index (κ2) is 8.35. The van der Waals surface area contributed by atoms with E-state index in [9.17, 15) is 9.59 Å². The summed E-state index contributed by atoms with van der Waals surface area (Å²) < 4.78 is 6.85. The number of aryl methyl sites for hydroxylation is 2. The van der Waals surface area contributed by atoms with E-state index in [-0.39, 0.29) is 11.8 Å². The van der Waals surface area contributed by atoms with Crippen LogP contribution in [-0.2, 0) is 17.7 Å². The Morgan fingerprint density at radius 2 is 1.89 bits per heavy atom.